The minimum atomic E-state index is -2.94. The van der Waals surface area contributed by atoms with Gasteiger partial charge in [-0.05, 0) is 32.4 Å². The van der Waals surface area contributed by atoms with Crippen molar-refractivity contribution in [3.63, 3.8) is 0 Å². The van der Waals surface area contributed by atoms with Crippen LogP contribution in [0.5, 0.6) is 0 Å². The van der Waals surface area contributed by atoms with E-state index in [2.05, 4.69) is 5.32 Å². The second-order valence-electron chi connectivity index (χ2n) is 5.63. The Morgan fingerprint density at radius 1 is 1.30 bits per heavy atom. The van der Waals surface area contributed by atoms with Crippen LogP contribution in [-0.4, -0.2) is 69.6 Å². The van der Waals surface area contributed by atoms with E-state index in [4.69, 9.17) is 4.74 Å². The summed E-state index contributed by atoms with van der Waals surface area (Å²) in [4.78, 5) is 13.6. The molecule has 0 aromatic rings. The molecule has 0 aromatic heterocycles. The smallest absolute Gasteiger partial charge is 0.224 e. The number of sulfone groups is 1. The first-order valence-corrected chi connectivity index (χ1v) is 9.08. The van der Waals surface area contributed by atoms with Gasteiger partial charge in [0.1, 0.15) is 0 Å². The number of carbonyl (C=O) groups is 1. The molecule has 0 aliphatic carbocycles. The molecule has 2 rings (SSSR count). The summed E-state index contributed by atoms with van der Waals surface area (Å²) < 4.78 is 28.5. The van der Waals surface area contributed by atoms with Crippen molar-refractivity contribution in [1.29, 1.82) is 0 Å². The number of carbonyl (C=O) groups excluding carboxylic acids is 1. The second kappa shape index (κ2) is 6.87. The molecule has 1 unspecified atom stereocenters. The molecule has 1 atom stereocenters. The topological polar surface area (TPSA) is 75.7 Å². The van der Waals surface area contributed by atoms with E-state index >= 15 is 0 Å². The zero-order valence-electron chi connectivity index (χ0n) is 12.0. The summed E-state index contributed by atoms with van der Waals surface area (Å²) >= 11 is 0. The fourth-order valence-corrected chi connectivity index (χ4v) is 4.51. The first-order chi connectivity index (χ1) is 9.48. The van der Waals surface area contributed by atoms with Crippen molar-refractivity contribution in [2.45, 2.75) is 37.8 Å². The van der Waals surface area contributed by atoms with Crippen LogP contribution in [-0.2, 0) is 19.4 Å². The fourth-order valence-electron chi connectivity index (χ4n) is 2.74. The Kier molecular flexibility index (Phi) is 5.40. The van der Waals surface area contributed by atoms with Gasteiger partial charge in [0, 0.05) is 13.1 Å². The molecule has 0 aromatic carbocycles. The lowest BCUT2D eigenvalue weighted by Gasteiger charge is -2.25. The van der Waals surface area contributed by atoms with E-state index in [9.17, 15) is 13.2 Å². The summed E-state index contributed by atoms with van der Waals surface area (Å²) in [7, 11) is -1.25. The van der Waals surface area contributed by atoms with Gasteiger partial charge < -0.3 is 15.0 Å². The van der Waals surface area contributed by atoms with Gasteiger partial charge in [-0.3, -0.25) is 4.79 Å². The van der Waals surface area contributed by atoms with E-state index in [0.717, 1.165) is 25.9 Å². The molecule has 2 fully saturated rings. The van der Waals surface area contributed by atoms with Gasteiger partial charge in [0.2, 0.25) is 5.91 Å². The average Bonchev–Trinajstić information content (AvgIpc) is 2.79. The zero-order valence-corrected chi connectivity index (χ0v) is 12.8. The van der Waals surface area contributed by atoms with Gasteiger partial charge in [-0.15, -0.1) is 0 Å². The van der Waals surface area contributed by atoms with Crippen molar-refractivity contribution in [3.05, 3.63) is 0 Å². The summed E-state index contributed by atoms with van der Waals surface area (Å²) in [6.45, 7) is 2.37. The monoisotopic (exact) mass is 304 g/mol. The van der Waals surface area contributed by atoms with Crippen LogP contribution in [0.25, 0.3) is 0 Å². The van der Waals surface area contributed by atoms with Crippen molar-refractivity contribution in [1.82, 2.24) is 10.2 Å². The Balaban J connectivity index is 1.69. The van der Waals surface area contributed by atoms with Crippen molar-refractivity contribution >= 4 is 15.7 Å². The summed E-state index contributed by atoms with van der Waals surface area (Å²) in [6.07, 6.45) is 3.12. The molecule has 0 bridgehead atoms. The highest BCUT2D eigenvalue weighted by Gasteiger charge is 2.32. The number of piperidine rings is 1. The SMILES string of the molecule is CN(C(=O)CCOC1CCNCC1)C1CCS(=O)(=O)C1. The Labute approximate surface area is 120 Å². The number of nitrogens with one attached hydrogen (secondary N) is 1. The molecule has 2 heterocycles. The van der Waals surface area contributed by atoms with Crippen LogP contribution < -0.4 is 5.32 Å². The quantitative estimate of drug-likeness (QED) is 0.761. The maximum atomic E-state index is 12.0. The van der Waals surface area contributed by atoms with Gasteiger partial charge in [0.05, 0.1) is 30.6 Å². The molecule has 2 aliphatic heterocycles. The molecule has 0 spiro atoms. The molecule has 2 saturated heterocycles. The second-order valence-corrected chi connectivity index (χ2v) is 7.86. The molecule has 1 N–H and O–H groups in total. The van der Waals surface area contributed by atoms with E-state index in [1.165, 1.54) is 0 Å². The minimum Gasteiger partial charge on any atom is -0.378 e. The predicted molar refractivity (Wildman–Crippen MR) is 76.3 cm³/mol. The molecule has 0 radical (unpaired) electrons. The van der Waals surface area contributed by atoms with Crippen LogP contribution in [0, 0.1) is 0 Å². The number of hydrogen-bond donors (Lipinski definition) is 1. The van der Waals surface area contributed by atoms with E-state index in [1.807, 2.05) is 0 Å². The lowest BCUT2D eigenvalue weighted by molar-refractivity contribution is -0.133. The predicted octanol–water partition coefficient (Wildman–Crippen LogP) is -0.209. The molecule has 20 heavy (non-hydrogen) atoms. The summed E-state index contributed by atoms with van der Waals surface area (Å²) in [5, 5.41) is 3.26. The Morgan fingerprint density at radius 2 is 2.00 bits per heavy atom. The Morgan fingerprint density at radius 3 is 2.60 bits per heavy atom. The van der Waals surface area contributed by atoms with Crippen LogP contribution in [0.2, 0.25) is 0 Å². The normalized spacial score (nSPS) is 26.6. The summed E-state index contributed by atoms with van der Waals surface area (Å²) in [5.41, 5.74) is 0. The maximum Gasteiger partial charge on any atom is 0.224 e. The lowest BCUT2D eigenvalue weighted by atomic mass is 10.1. The number of nitrogens with zero attached hydrogens (tertiary/aromatic N) is 1. The van der Waals surface area contributed by atoms with E-state index in [0.29, 0.717) is 19.4 Å². The van der Waals surface area contributed by atoms with Crippen molar-refractivity contribution < 1.29 is 17.9 Å². The molecule has 7 heteroatoms. The van der Waals surface area contributed by atoms with Gasteiger partial charge >= 0.3 is 0 Å². The van der Waals surface area contributed by atoms with Gasteiger partial charge in [0.25, 0.3) is 0 Å². The number of ether oxygens (including phenoxy) is 1. The molecule has 116 valence electrons. The molecule has 2 aliphatic rings. The first kappa shape index (κ1) is 15.7. The van der Waals surface area contributed by atoms with E-state index in [1.54, 1.807) is 11.9 Å². The maximum absolute atomic E-state index is 12.0. The van der Waals surface area contributed by atoms with Crippen LogP contribution in [0.4, 0.5) is 0 Å². The molecule has 1 amide bonds. The minimum absolute atomic E-state index is 0.0268. The Bertz CT molecular complexity index is 432. The van der Waals surface area contributed by atoms with E-state index < -0.39 is 9.84 Å². The molecule has 6 nitrogen and oxygen atoms in total. The fraction of sp³-hybridized carbons (Fsp3) is 0.923. The van der Waals surface area contributed by atoms with Crippen molar-refractivity contribution in [2.24, 2.45) is 0 Å². The molecular formula is C13H24N2O4S. The average molecular weight is 304 g/mol. The van der Waals surface area contributed by atoms with Gasteiger partial charge in [-0.25, -0.2) is 8.42 Å². The van der Waals surface area contributed by atoms with Crippen molar-refractivity contribution in [3.8, 4) is 0 Å². The zero-order chi connectivity index (χ0) is 14.6. The first-order valence-electron chi connectivity index (χ1n) is 7.26. The largest absolute Gasteiger partial charge is 0.378 e. The number of rotatable bonds is 5. The van der Waals surface area contributed by atoms with Crippen LogP contribution in [0.3, 0.4) is 0 Å². The van der Waals surface area contributed by atoms with Crippen LogP contribution in [0.1, 0.15) is 25.7 Å². The third kappa shape index (κ3) is 4.43. The van der Waals surface area contributed by atoms with Crippen molar-refractivity contribution in [2.75, 3.05) is 38.2 Å². The third-order valence-electron chi connectivity index (χ3n) is 4.11. The number of amides is 1. The highest BCUT2D eigenvalue weighted by molar-refractivity contribution is 7.91. The van der Waals surface area contributed by atoms with Gasteiger partial charge in [-0.2, -0.15) is 0 Å². The van der Waals surface area contributed by atoms with E-state index in [-0.39, 0.29) is 29.6 Å². The number of hydrogen-bond acceptors (Lipinski definition) is 5. The third-order valence-corrected chi connectivity index (χ3v) is 5.86. The van der Waals surface area contributed by atoms with Crippen LogP contribution in [0.15, 0.2) is 0 Å². The lowest BCUT2D eigenvalue weighted by Crippen LogP contribution is -2.38. The van der Waals surface area contributed by atoms with Gasteiger partial charge in [0.15, 0.2) is 9.84 Å². The molecule has 0 saturated carbocycles. The Hall–Kier alpha value is -0.660. The van der Waals surface area contributed by atoms with Gasteiger partial charge in [-0.1, -0.05) is 0 Å². The van der Waals surface area contributed by atoms with Crippen LogP contribution >= 0.6 is 0 Å². The highest BCUT2D eigenvalue weighted by Crippen LogP contribution is 2.17. The highest BCUT2D eigenvalue weighted by atomic mass is 32.2. The molecular weight excluding hydrogens is 280 g/mol. The summed E-state index contributed by atoms with van der Waals surface area (Å²) in [6, 6.07) is -0.161. The standard InChI is InChI=1S/C13H24N2O4S/c1-15(11-5-9-20(17,18)10-11)13(16)4-8-19-12-2-6-14-7-3-12/h11-12,14H,2-10H2,1H3. The summed E-state index contributed by atoms with van der Waals surface area (Å²) in [5.74, 6) is 0.270.